The molecule has 0 aliphatic heterocycles. The zero-order valence-electron chi connectivity index (χ0n) is 11.3. The normalized spacial score (nSPS) is 10.6. The second kappa shape index (κ2) is 9.09. The van der Waals surface area contributed by atoms with Crippen LogP contribution in [0.3, 0.4) is 0 Å². The topological polar surface area (TPSA) is 26.0 Å². The monoisotopic (exact) mass is 233 g/mol. The van der Waals surface area contributed by atoms with Crippen molar-refractivity contribution in [2.24, 2.45) is 0 Å². The predicted molar refractivity (Wildman–Crippen MR) is 77.2 cm³/mol. The number of rotatable bonds is 9. The number of hydrogen-bond donors (Lipinski definition) is 1. The van der Waals surface area contributed by atoms with Crippen molar-refractivity contribution in [2.75, 3.05) is 5.73 Å². The average Bonchev–Trinajstić information content (AvgIpc) is 2.33. The summed E-state index contributed by atoms with van der Waals surface area (Å²) in [4.78, 5) is 0. The number of hydrogen-bond acceptors (Lipinski definition) is 1. The van der Waals surface area contributed by atoms with Crippen LogP contribution < -0.4 is 5.73 Å². The number of nitrogen functional groups attached to an aromatic ring is 1. The van der Waals surface area contributed by atoms with E-state index in [2.05, 4.69) is 25.1 Å². The minimum absolute atomic E-state index is 0.891. The molecule has 0 unspecified atom stereocenters. The zero-order chi connectivity index (χ0) is 12.3. The van der Waals surface area contributed by atoms with Gasteiger partial charge < -0.3 is 5.73 Å². The molecule has 2 N–H and O–H groups in total. The van der Waals surface area contributed by atoms with Gasteiger partial charge in [-0.3, -0.25) is 0 Å². The van der Waals surface area contributed by atoms with Crippen molar-refractivity contribution in [3.63, 3.8) is 0 Å². The van der Waals surface area contributed by atoms with E-state index >= 15 is 0 Å². The Morgan fingerprint density at radius 3 is 2.18 bits per heavy atom. The highest BCUT2D eigenvalue weighted by atomic mass is 14.5. The lowest BCUT2D eigenvalue weighted by molar-refractivity contribution is 0.575. The van der Waals surface area contributed by atoms with E-state index in [1.54, 1.807) is 0 Å². The maximum Gasteiger partial charge on any atom is 0.0316 e. The van der Waals surface area contributed by atoms with Gasteiger partial charge in [0.1, 0.15) is 0 Å². The van der Waals surface area contributed by atoms with Crippen molar-refractivity contribution in [1.29, 1.82) is 0 Å². The van der Waals surface area contributed by atoms with Gasteiger partial charge in [-0.2, -0.15) is 0 Å². The summed E-state index contributed by atoms with van der Waals surface area (Å²) in [7, 11) is 0. The molecule has 0 aliphatic carbocycles. The van der Waals surface area contributed by atoms with Gasteiger partial charge in [-0.25, -0.2) is 0 Å². The molecule has 0 aliphatic rings. The maximum atomic E-state index is 5.76. The third-order valence-electron chi connectivity index (χ3n) is 3.27. The lowest BCUT2D eigenvalue weighted by atomic mass is 10.0. The van der Waals surface area contributed by atoms with Gasteiger partial charge in [0.25, 0.3) is 0 Å². The minimum atomic E-state index is 0.891. The summed E-state index contributed by atoms with van der Waals surface area (Å²) < 4.78 is 0. The Hall–Kier alpha value is -0.980. The first-order chi connectivity index (χ1) is 8.33. The molecule has 1 aromatic rings. The van der Waals surface area contributed by atoms with Gasteiger partial charge in [0.15, 0.2) is 0 Å². The molecular weight excluding hydrogens is 206 g/mol. The van der Waals surface area contributed by atoms with Crippen LogP contribution in [0.1, 0.15) is 63.9 Å². The molecule has 96 valence electrons. The smallest absolute Gasteiger partial charge is 0.0316 e. The molecule has 17 heavy (non-hydrogen) atoms. The van der Waals surface area contributed by atoms with Crippen LogP contribution in [0.15, 0.2) is 24.3 Å². The molecule has 0 fully saturated rings. The van der Waals surface area contributed by atoms with Crippen LogP contribution in [0.4, 0.5) is 5.69 Å². The molecule has 0 heterocycles. The summed E-state index contributed by atoms with van der Waals surface area (Å²) >= 11 is 0. The molecule has 1 aromatic carbocycles. The molecule has 1 rings (SSSR count). The molecule has 0 radical (unpaired) electrons. The third-order valence-corrected chi connectivity index (χ3v) is 3.27. The first-order valence-electron chi connectivity index (χ1n) is 7.17. The standard InChI is InChI=1S/C16H27N/c1-2-3-4-5-6-7-8-9-11-15-12-10-13-16(17)14-15/h10,12-14H,2-9,11,17H2,1H3. The van der Waals surface area contributed by atoms with E-state index in [-0.39, 0.29) is 0 Å². The van der Waals surface area contributed by atoms with Crippen LogP contribution in [0.5, 0.6) is 0 Å². The minimum Gasteiger partial charge on any atom is -0.399 e. The first kappa shape index (κ1) is 14.1. The number of unbranched alkanes of at least 4 members (excludes halogenated alkanes) is 7. The molecule has 0 atom stereocenters. The molecule has 0 saturated carbocycles. The Morgan fingerprint density at radius 2 is 1.53 bits per heavy atom. The quantitative estimate of drug-likeness (QED) is 0.474. The Kier molecular flexibility index (Phi) is 7.53. The Morgan fingerprint density at radius 1 is 0.882 bits per heavy atom. The highest BCUT2D eigenvalue weighted by molar-refractivity contribution is 5.40. The van der Waals surface area contributed by atoms with Gasteiger partial charge in [0.2, 0.25) is 0 Å². The van der Waals surface area contributed by atoms with Gasteiger partial charge >= 0.3 is 0 Å². The number of nitrogens with two attached hydrogens (primary N) is 1. The molecule has 0 amide bonds. The van der Waals surface area contributed by atoms with Gasteiger partial charge in [-0.15, -0.1) is 0 Å². The van der Waals surface area contributed by atoms with Gasteiger partial charge in [-0.1, -0.05) is 64.0 Å². The van der Waals surface area contributed by atoms with Crippen LogP contribution in [0.2, 0.25) is 0 Å². The fraction of sp³-hybridized carbons (Fsp3) is 0.625. The summed E-state index contributed by atoms with van der Waals surface area (Å²) in [6.45, 7) is 2.27. The molecule has 0 aromatic heterocycles. The molecule has 0 bridgehead atoms. The van der Waals surface area contributed by atoms with Gasteiger partial charge in [0, 0.05) is 5.69 Å². The maximum absolute atomic E-state index is 5.76. The van der Waals surface area contributed by atoms with E-state index in [1.807, 2.05) is 6.07 Å². The van der Waals surface area contributed by atoms with Crippen LogP contribution in [0.25, 0.3) is 0 Å². The number of aryl methyl sites for hydroxylation is 1. The Balaban J connectivity index is 1.97. The van der Waals surface area contributed by atoms with Crippen molar-refractivity contribution in [2.45, 2.75) is 64.7 Å². The lowest BCUT2D eigenvalue weighted by Crippen LogP contribution is -1.89. The number of anilines is 1. The second-order valence-electron chi connectivity index (χ2n) is 4.97. The fourth-order valence-electron chi connectivity index (χ4n) is 2.21. The lowest BCUT2D eigenvalue weighted by Gasteiger charge is -2.03. The highest BCUT2D eigenvalue weighted by Crippen LogP contribution is 2.13. The largest absolute Gasteiger partial charge is 0.399 e. The van der Waals surface area contributed by atoms with E-state index in [1.165, 1.54) is 63.4 Å². The van der Waals surface area contributed by atoms with Gasteiger partial charge in [-0.05, 0) is 30.5 Å². The van der Waals surface area contributed by atoms with E-state index < -0.39 is 0 Å². The SMILES string of the molecule is CCCCCCCCCCc1cccc(N)c1. The highest BCUT2D eigenvalue weighted by Gasteiger charge is 1.95. The fourth-order valence-corrected chi connectivity index (χ4v) is 2.21. The summed E-state index contributed by atoms with van der Waals surface area (Å²) in [6.07, 6.45) is 12.2. The zero-order valence-corrected chi connectivity index (χ0v) is 11.3. The molecule has 1 nitrogen and oxygen atoms in total. The van der Waals surface area contributed by atoms with Crippen molar-refractivity contribution >= 4 is 5.69 Å². The summed E-state index contributed by atoms with van der Waals surface area (Å²) in [5, 5.41) is 0. The molecule has 0 spiro atoms. The Labute approximate surface area is 106 Å². The van der Waals surface area contributed by atoms with Crippen molar-refractivity contribution < 1.29 is 0 Å². The first-order valence-corrected chi connectivity index (χ1v) is 7.17. The summed E-state index contributed by atoms with van der Waals surface area (Å²) in [6, 6.07) is 8.28. The van der Waals surface area contributed by atoms with E-state index in [0.717, 1.165) is 5.69 Å². The summed E-state index contributed by atoms with van der Waals surface area (Å²) in [5.41, 5.74) is 8.03. The van der Waals surface area contributed by atoms with Crippen LogP contribution in [-0.2, 0) is 6.42 Å². The van der Waals surface area contributed by atoms with Crippen molar-refractivity contribution in [3.8, 4) is 0 Å². The predicted octanol–water partition coefficient (Wildman–Crippen LogP) is 4.95. The second-order valence-corrected chi connectivity index (χ2v) is 4.97. The van der Waals surface area contributed by atoms with Crippen LogP contribution >= 0.6 is 0 Å². The molecular formula is C16H27N. The summed E-state index contributed by atoms with van der Waals surface area (Å²) in [5.74, 6) is 0. The molecule has 1 heteroatoms. The van der Waals surface area contributed by atoms with E-state index in [0.29, 0.717) is 0 Å². The van der Waals surface area contributed by atoms with Crippen LogP contribution in [0, 0.1) is 0 Å². The average molecular weight is 233 g/mol. The van der Waals surface area contributed by atoms with Gasteiger partial charge in [0.05, 0.1) is 0 Å². The van der Waals surface area contributed by atoms with Crippen LogP contribution in [-0.4, -0.2) is 0 Å². The van der Waals surface area contributed by atoms with E-state index in [9.17, 15) is 0 Å². The Bertz CT molecular complexity index is 293. The number of benzene rings is 1. The molecule has 0 saturated heterocycles. The van der Waals surface area contributed by atoms with E-state index in [4.69, 9.17) is 5.73 Å². The van der Waals surface area contributed by atoms with Crippen molar-refractivity contribution in [3.05, 3.63) is 29.8 Å². The van der Waals surface area contributed by atoms with Crippen molar-refractivity contribution in [1.82, 2.24) is 0 Å². The third kappa shape index (κ3) is 7.04.